The Balaban J connectivity index is 1.48. The van der Waals surface area contributed by atoms with Crippen LogP contribution in [0.2, 0.25) is 0 Å². The number of anilines is 2. The first-order chi connectivity index (χ1) is 12.7. The molecule has 0 atom stereocenters. The van der Waals surface area contributed by atoms with Gasteiger partial charge in [0.1, 0.15) is 5.01 Å². The number of nitrogens with one attached hydrogen (secondary N) is 2. The number of aryl methyl sites for hydroxylation is 1. The molecule has 4 rings (SSSR count). The van der Waals surface area contributed by atoms with Gasteiger partial charge in [-0.25, -0.2) is 4.98 Å². The van der Waals surface area contributed by atoms with Crippen LogP contribution in [0.25, 0.3) is 20.8 Å². The zero-order chi connectivity index (χ0) is 17.9. The Hall–Kier alpha value is -2.83. The van der Waals surface area contributed by atoms with Gasteiger partial charge >= 0.3 is 0 Å². The second-order valence-corrected chi connectivity index (χ2v) is 7.33. The highest BCUT2D eigenvalue weighted by Crippen LogP contribution is 2.31. The molecular formula is C20H16N4S2. The van der Waals surface area contributed by atoms with E-state index in [1.54, 1.807) is 23.7 Å². The maximum Gasteiger partial charge on any atom is 0.175 e. The number of benzene rings is 2. The number of thiazole rings is 1. The maximum atomic E-state index is 5.34. The number of hydrogen-bond acceptors (Lipinski definition) is 4. The Morgan fingerprint density at radius 1 is 1.00 bits per heavy atom. The van der Waals surface area contributed by atoms with E-state index in [0.29, 0.717) is 5.11 Å². The average Bonchev–Trinajstić information content (AvgIpc) is 3.06. The van der Waals surface area contributed by atoms with E-state index in [4.69, 9.17) is 17.2 Å². The molecule has 128 valence electrons. The number of fused-ring (bicyclic) bond motifs is 1. The lowest BCUT2D eigenvalue weighted by molar-refractivity contribution is 1.33. The van der Waals surface area contributed by atoms with Crippen LogP contribution in [0.1, 0.15) is 5.56 Å². The van der Waals surface area contributed by atoms with Crippen molar-refractivity contribution in [3.05, 3.63) is 72.6 Å². The normalized spacial score (nSPS) is 10.7. The van der Waals surface area contributed by atoms with E-state index in [2.05, 4.69) is 52.9 Å². The highest BCUT2D eigenvalue weighted by atomic mass is 32.1. The van der Waals surface area contributed by atoms with Crippen molar-refractivity contribution in [3.8, 4) is 10.6 Å². The smallest absolute Gasteiger partial charge is 0.175 e. The zero-order valence-electron chi connectivity index (χ0n) is 14.1. The molecule has 0 fully saturated rings. The molecule has 0 aliphatic rings. The molecule has 0 saturated heterocycles. The SMILES string of the molecule is Cc1ccc2nc(-c3ccc(NC(=S)Nc4cccnc4)cc3)sc2c1. The average molecular weight is 377 g/mol. The van der Waals surface area contributed by atoms with Gasteiger partial charge < -0.3 is 10.6 Å². The van der Waals surface area contributed by atoms with E-state index >= 15 is 0 Å². The first-order valence-electron chi connectivity index (χ1n) is 8.13. The Labute approximate surface area is 160 Å². The number of aromatic nitrogens is 2. The summed E-state index contributed by atoms with van der Waals surface area (Å²) < 4.78 is 1.21. The molecule has 0 amide bonds. The van der Waals surface area contributed by atoms with Gasteiger partial charge in [-0.3, -0.25) is 4.98 Å². The summed E-state index contributed by atoms with van der Waals surface area (Å²) >= 11 is 7.05. The van der Waals surface area contributed by atoms with Crippen LogP contribution in [0.4, 0.5) is 11.4 Å². The fourth-order valence-corrected chi connectivity index (χ4v) is 3.89. The predicted octanol–water partition coefficient (Wildman–Crippen LogP) is 5.48. The largest absolute Gasteiger partial charge is 0.332 e. The van der Waals surface area contributed by atoms with Crippen LogP contribution in [0, 0.1) is 6.92 Å². The van der Waals surface area contributed by atoms with Crippen LogP contribution in [0.5, 0.6) is 0 Å². The van der Waals surface area contributed by atoms with Crippen molar-refractivity contribution < 1.29 is 0 Å². The highest BCUT2D eigenvalue weighted by molar-refractivity contribution is 7.80. The van der Waals surface area contributed by atoms with Gasteiger partial charge in [-0.15, -0.1) is 11.3 Å². The quantitative estimate of drug-likeness (QED) is 0.464. The van der Waals surface area contributed by atoms with Gasteiger partial charge in [0.2, 0.25) is 0 Å². The number of thiocarbonyl (C=S) groups is 1. The maximum absolute atomic E-state index is 5.34. The van der Waals surface area contributed by atoms with Gasteiger partial charge in [0.25, 0.3) is 0 Å². The van der Waals surface area contributed by atoms with E-state index in [0.717, 1.165) is 27.5 Å². The second kappa shape index (κ2) is 7.19. The van der Waals surface area contributed by atoms with Crippen LogP contribution < -0.4 is 10.6 Å². The Bertz CT molecular complexity index is 1060. The minimum atomic E-state index is 0.529. The second-order valence-electron chi connectivity index (χ2n) is 5.89. The molecule has 2 heterocycles. The molecule has 4 nitrogen and oxygen atoms in total. The van der Waals surface area contributed by atoms with Crippen LogP contribution in [-0.2, 0) is 0 Å². The molecule has 2 N–H and O–H groups in total. The van der Waals surface area contributed by atoms with Crippen molar-refractivity contribution in [1.82, 2.24) is 9.97 Å². The fourth-order valence-electron chi connectivity index (χ4n) is 2.58. The summed E-state index contributed by atoms with van der Waals surface area (Å²) in [5, 5.41) is 7.84. The molecule has 0 radical (unpaired) electrons. The van der Waals surface area contributed by atoms with Gasteiger partial charge in [0, 0.05) is 17.4 Å². The molecule has 0 aliphatic carbocycles. The van der Waals surface area contributed by atoms with E-state index in [1.807, 2.05) is 24.3 Å². The fraction of sp³-hybridized carbons (Fsp3) is 0.0500. The molecule has 4 aromatic rings. The summed E-state index contributed by atoms with van der Waals surface area (Å²) in [4.78, 5) is 8.78. The van der Waals surface area contributed by atoms with Crippen molar-refractivity contribution in [1.29, 1.82) is 0 Å². The van der Waals surface area contributed by atoms with Gasteiger partial charge in [0.05, 0.1) is 22.1 Å². The lowest BCUT2D eigenvalue weighted by atomic mass is 10.2. The number of hydrogen-bond donors (Lipinski definition) is 2. The van der Waals surface area contributed by atoms with Crippen LogP contribution in [0.15, 0.2) is 67.0 Å². The van der Waals surface area contributed by atoms with E-state index in [1.165, 1.54) is 10.3 Å². The molecular weight excluding hydrogens is 360 g/mol. The molecule has 0 aliphatic heterocycles. The highest BCUT2D eigenvalue weighted by Gasteiger charge is 2.07. The van der Waals surface area contributed by atoms with Crippen LogP contribution in [0.3, 0.4) is 0 Å². The Morgan fingerprint density at radius 3 is 2.58 bits per heavy atom. The predicted molar refractivity (Wildman–Crippen MR) is 114 cm³/mol. The summed E-state index contributed by atoms with van der Waals surface area (Å²) in [5.41, 5.74) is 5.17. The molecule has 0 spiro atoms. The molecule has 2 aromatic carbocycles. The molecule has 2 aromatic heterocycles. The van der Waals surface area contributed by atoms with E-state index < -0.39 is 0 Å². The van der Waals surface area contributed by atoms with Crippen molar-refractivity contribution in [2.45, 2.75) is 6.92 Å². The van der Waals surface area contributed by atoms with Crippen molar-refractivity contribution in [3.63, 3.8) is 0 Å². The summed E-state index contributed by atoms with van der Waals surface area (Å²) in [5.74, 6) is 0. The van der Waals surface area contributed by atoms with Gasteiger partial charge in [0.15, 0.2) is 5.11 Å². The minimum absolute atomic E-state index is 0.529. The Morgan fingerprint density at radius 2 is 1.81 bits per heavy atom. The molecule has 6 heteroatoms. The first kappa shape index (κ1) is 16.6. The summed E-state index contributed by atoms with van der Waals surface area (Å²) in [6.45, 7) is 2.10. The lowest BCUT2D eigenvalue weighted by Gasteiger charge is -2.10. The van der Waals surface area contributed by atoms with E-state index in [-0.39, 0.29) is 0 Å². The molecule has 0 unspecified atom stereocenters. The van der Waals surface area contributed by atoms with Crippen LogP contribution >= 0.6 is 23.6 Å². The summed E-state index contributed by atoms with van der Waals surface area (Å²) in [7, 11) is 0. The first-order valence-corrected chi connectivity index (χ1v) is 9.35. The van der Waals surface area contributed by atoms with Gasteiger partial charge in [-0.1, -0.05) is 6.07 Å². The van der Waals surface area contributed by atoms with E-state index in [9.17, 15) is 0 Å². The summed E-state index contributed by atoms with van der Waals surface area (Å²) in [6.07, 6.45) is 3.45. The third-order valence-electron chi connectivity index (χ3n) is 3.85. The number of pyridine rings is 1. The van der Waals surface area contributed by atoms with Gasteiger partial charge in [-0.05, 0) is 73.2 Å². The zero-order valence-corrected chi connectivity index (χ0v) is 15.7. The van der Waals surface area contributed by atoms with Gasteiger partial charge in [-0.2, -0.15) is 0 Å². The third-order valence-corrected chi connectivity index (χ3v) is 5.12. The summed E-state index contributed by atoms with van der Waals surface area (Å²) in [6, 6.07) is 18.2. The van der Waals surface area contributed by atoms with Crippen molar-refractivity contribution in [2.75, 3.05) is 10.6 Å². The number of rotatable bonds is 3. The van der Waals surface area contributed by atoms with Crippen molar-refractivity contribution in [2.24, 2.45) is 0 Å². The number of nitrogens with zero attached hydrogens (tertiary/aromatic N) is 2. The Kier molecular flexibility index (Phi) is 4.60. The molecule has 26 heavy (non-hydrogen) atoms. The lowest BCUT2D eigenvalue weighted by Crippen LogP contribution is -2.18. The monoisotopic (exact) mass is 376 g/mol. The topological polar surface area (TPSA) is 49.8 Å². The molecule has 0 saturated carbocycles. The molecule has 0 bridgehead atoms. The van der Waals surface area contributed by atoms with Crippen LogP contribution in [-0.4, -0.2) is 15.1 Å². The van der Waals surface area contributed by atoms with Crippen molar-refractivity contribution >= 4 is 50.3 Å². The standard InChI is InChI=1S/C20H16N4S2/c1-13-4-9-17-18(11-13)26-19(24-17)14-5-7-15(8-6-14)22-20(25)23-16-3-2-10-21-12-16/h2-12H,1H3,(H2,22,23,25). The minimum Gasteiger partial charge on any atom is -0.332 e. The third kappa shape index (κ3) is 3.71.